The molecule has 0 saturated carbocycles. The molecular formula is C28H41N3O2S. The molecule has 0 atom stereocenters. The Kier molecular flexibility index (Phi) is 9.17. The minimum absolute atomic E-state index is 0.321. The first-order valence-electron chi connectivity index (χ1n) is 12.9. The lowest BCUT2D eigenvalue weighted by atomic mass is 9.98. The largest absolute Gasteiger partial charge is 0.266 e. The van der Waals surface area contributed by atoms with Gasteiger partial charge in [0.25, 0.3) is 10.0 Å². The van der Waals surface area contributed by atoms with Gasteiger partial charge in [-0.1, -0.05) is 59.6 Å². The Balaban J connectivity index is 1.94. The van der Waals surface area contributed by atoms with Crippen molar-refractivity contribution in [1.82, 2.24) is 9.78 Å². The first kappa shape index (κ1) is 26.3. The predicted octanol–water partition coefficient (Wildman–Crippen LogP) is 7.06. The number of anilines is 1. The molecule has 0 radical (unpaired) electrons. The molecule has 34 heavy (non-hydrogen) atoms. The van der Waals surface area contributed by atoms with E-state index in [9.17, 15) is 8.42 Å². The first-order chi connectivity index (χ1) is 16.3. The van der Waals surface area contributed by atoms with Gasteiger partial charge in [0.1, 0.15) is 0 Å². The standard InChI is InChI=1S/C28H41N3O2S/c1-6-9-24(10-7-2)21-30-28-16-15-27(19-25(28)20-29-30)34(32,33)31(18-17-22(4)5)26-13-11-23(8-3)12-14-26/h11-16,19-20,22,24H,6-10,17-18,21H2,1-5H3. The topological polar surface area (TPSA) is 55.2 Å². The van der Waals surface area contributed by atoms with Crippen molar-refractivity contribution in [2.75, 3.05) is 10.8 Å². The third-order valence-corrected chi connectivity index (χ3v) is 8.39. The Morgan fingerprint density at radius 3 is 2.21 bits per heavy atom. The van der Waals surface area contributed by atoms with E-state index >= 15 is 0 Å². The van der Waals surface area contributed by atoms with Crippen LogP contribution in [0.15, 0.2) is 53.6 Å². The highest BCUT2D eigenvalue weighted by Crippen LogP contribution is 2.28. The van der Waals surface area contributed by atoms with Crippen molar-refractivity contribution in [3.8, 4) is 0 Å². The number of rotatable bonds is 13. The molecule has 0 aliphatic rings. The molecule has 6 heteroatoms. The molecule has 0 fully saturated rings. The summed E-state index contributed by atoms with van der Waals surface area (Å²) in [5.74, 6) is 1.01. The van der Waals surface area contributed by atoms with E-state index in [-0.39, 0.29) is 0 Å². The summed E-state index contributed by atoms with van der Waals surface area (Å²) in [5.41, 5.74) is 2.91. The van der Waals surface area contributed by atoms with Crippen LogP contribution in [0.5, 0.6) is 0 Å². The lowest BCUT2D eigenvalue weighted by molar-refractivity contribution is 0.369. The maximum atomic E-state index is 13.8. The van der Waals surface area contributed by atoms with Gasteiger partial charge < -0.3 is 0 Å². The second kappa shape index (κ2) is 11.9. The molecule has 0 spiro atoms. The van der Waals surface area contributed by atoms with Crippen molar-refractivity contribution < 1.29 is 8.42 Å². The summed E-state index contributed by atoms with van der Waals surface area (Å²) in [4.78, 5) is 0.321. The van der Waals surface area contributed by atoms with Gasteiger partial charge in [-0.05, 0) is 73.4 Å². The maximum absolute atomic E-state index is 13.8. The van der Waals surface area contributed by atoms with Crippen molar-refractivity contribution in [3.63, 3.8) is 0 Å². The van der Waals surface area contributed by atoms with Crippen molar-refractivity contribution in [2.24, 2.45) is 11.8 Å². The third kappa shape index (κ3) is 6.21. The summed E-state index contributed by atoms with van der Waals surface area (Å²) in [6.45, 7) is 12.1. The van der Waals surface area contributed by atoms with Crippen LogP contribution in [0.25, 0.3) is 10.9 Å². The molecule has 1 heterocycles. The molecule has 3 aromatic rings. The molecule has 5 nitrogen and oxygen atoms in total. The maximum Gasteiger partial charge on any atom is 0.264 e. The number of benzene rings is 2. The summed E-state index contributed by atoms with van der Waals surface area (Å²) in [6.07, 6.45) is 8.22. The molecule has 0 unspecified atom stereocenters. The van der Waals surface area contributed by atoms with Crippen molar-refractivity contribution in [3.05, 3.63) is 54.2 Å². The summed E-state index contributed by atoms with van der Waals surface area (Å²) in [6, 6.07) is 13.3. The average Bonchev–Trinajstić information content (AvgIpc) is 3.21. The Hall–Kier alpha value is -2.34. The number of hydrogen-bond acceptors (Lipinski definition) is 3. The summed E-state index contributed by atoms with van der Waals surface area (Å²) < 4.78 is 31.2. The Labute approximate surface area is 206 Å². The van der Waals surface area contributed by atoms with Gasteiger partial charge in [-0.3, -0.25) is 8.99 Å². The molecule has 2 aromatic carbocycles. The Bertz CT molecular complexity index is 1140. The van der Waals surface area contributed by atoms with E-state index in [4.69, 9.17) is 0 Å². The predicted molar refractivity (Wildman–Crippen MR) is 143 cm³/mol. The highest BCUT2D eigenvalue weighted by molar-refractivity contribution is 7.92. The molecule has 3 rings (SSSR count). The van der Waals surface area contributed by atoms with Gasteiger partial charge in [-0.15, -0.1) is 0 Å². The highest BCUT2D eigenvalue weighted by Gasteiger charge is 2.26. The molecule has 0 N–H and O–H groups in total. The van der Waals surface area contributed by atoms with Crippen molar-refractivity contribution in [2.45, 2.75) is 84.6 Å². The van der Waals surface area contributed by atoms with Crippen LogP contribution in [0.3, 0.4) is 0 Å². The van der Waals surface area contributed by atoms with E-state index in [1.165, 1.54) is 18.4 Å². The monoisotopic (exact) mass is 483 g/mol. The lowest BCUT2D eigenvalue weighted by Gasteiger charge is -2.25. The third-order valence-electron chi connectivity index (χ3n) is 6.57. The highest BCUT2D eigenvalue weighted by atomic mass is 32.2. The summed E-state index contributed by atoms with van der Waals surface area (Å²) in [7, 11) is -3.70. The van der Waals surface area contributed by atoms with Crippen LogP contribution in [0.4, 0.5) is 5.69 Å². The van der Waals surface area contributed by atoms with Gasteiger partial charge in [-0.2, -0.15) is 5.10 Å². The number of aromatic nitrogens is 2. The van der Waals surface area contributed by atoms with Crippen molar-refractivity contribution >= 4 is 26.6 Å². The molecule has 0 aliphatic carbocycles. The van der Waals surface area contributed by atoms with Gasteiger partial charge in [0.2, 0.25) is 0 Å². The van der Waals surface area contributed by atoms with E-state index in [1.807, 2.05) is 35.0 Å². The second-order valence-corrected chi connectivity index (χ2v) is 11.6. The van der Waals surface area contributed by atoms with Crippen LogP contribution < -0.4 is 4.31 Å². The zero-order valence-electron chi connectivity index (χ0n) is 21.5. The smallest absolute Gasteiger partial charge is 0.264 e. The molecule has 186 valence electrons. The fraction of sp³-hybridized carbons (Fsp3) is 0.536. The number of nitrogens with zero attached hydrogens (tertiary/aromatic N) is 3. The van der Waals surface area contributed by atoms with Crippen LogP contribution in [0, 0.1) is 11.8 Å². The number of hydrogen-bond donors (Lipinski definition) is 0. The van der Waals surface area contributed by atoms with E-state index < -0.39 is 10.0 Å². The van der Waals surface area contributed by atoms with Gasteiger partial charge in [0, 0.05) is 18.5 Å². The number of aryl methyl sites for hydroxylation is 1. The van der Waals surface area contributed by atoms with E-state index in [2.05, 4.69) is 39.7 Å². The molecular weight excluding hydrogens is 442 g/mol. The lowest BCUT2D eigenvalue weighted by Crippen LogP contribution is -2.32. The van der Waals surface area contributed by atoms with Crippen LogP contribution in [-0.4, -0.2) is 24.7 Å². The fourth-order valence-corrected chi connectivity index (χ4v) is 6.06. The Morgan fingerprint density at radius 1 is 0.941 bits per heavy atom. The van der Waals surface area contributed by atoms with Crippen LogP contribution in [-0.2, 0) is 23.0 Å². The minimum Gasteiger partial charge on any atom is -0.266 e. The van der Waals surface area contributed by atoms with Crippen molar-refractivity contribution in [1.29, 1.82) is 0 Å². The zero-order valence-corrected chi connectivity index (χ0v) is 22.3. The quantitative estimate of drug-likeness (QED) is 0.261. The molecule has 1 aromatic heterocycles. The average molecular weight is 484 g/mol. The molecule has 0 bridgehead atoms. The van der Waals surface area contributed by atoms with Gasteiger partial charge >= 0.3 is 0 Å². The van der Waals surface area contributed by atoms with Crippen LogP contribution in [0.1, 0.15) is 72.3 Å². The van der Waals surface area contributed by atoms with E-state index in [1.54, 1.807) is 22.6 Å². The SMILES string of the molecule is CCCC(CCC)Cn1ncc2cc(S(=O)(=O)N(CCC(C)C)c3ccc(CC)cc3)ccc21. The Morgan fingerprint density at radius 2 is 1.62 bits per heavy atom. The van der Waals surface area contributed by atoms with E-state index in [0.29, 0.717) is 23.3 Å². The second-order valence-electron chi connectivity index (χ2n) is 9.77. The minimum atomic E-state index is -3.70. The summed E-state index contributed by atoms with van der Waals surface area (Å²) in [5, 5.41) is 5.49. The molecule has 0 aliphatic heterocycles. The fourth-order valence-electron chi connectivity index (χ4n) is 4.55. The number of fused-ring (bicyclic) bond motifs is 1. The van der Waals surface area contributed by atoms with Gasteiger partial charge in [0.05, 0.1) is 22.3 Å². The van der Waals surface area contributed by atoms with Gasteiger partial charge in [-0.25, -0.2) is 8.42 Å². The normalized spacial score (nSPS) is 12.2. The zero-order chi connectivity index (χ0) is 24.7. The summed E-state index contributed by atoms with van der Waals surface area (Å²) >= 11 is 0. The van der Waals surface area contributed by atoms with Crippen LogP contribution >= 0.6 is 0 Å². The van der Waals surface area contributed by atoms with E-state index in [0.717, 1.165) is 48.8 Å². The molecule has 0 amide bonds. The van der Waals surface area contributed by atoms with Gasteiger partial charge in [0.15, 0.2) is 0 Å². The van der Waals surface area contributed by atoms with Crippen LogP contribution in [0.2, 0.25) is 0 Å². The molecule has 0 saturated heterocycles. The number of sulfonamides is 1. The first-order valence-corrected chi connectivity index (χ1v) is 14.3.